The van der Waals surface area contributed by atoms with Gasteiger partial charge in [0.2, 0.25) is 11.8 Å². The molecule has 0 spiro atoms. The van der Waals surface area contributed by atoms with Crippen molar-refractivity contribution in [3.8, 4) is 0 Å². The molecule has 9 nitrogen and oxygen atoms in total. The van der Waals surface area contributed by atoms with Crippen LogP contribution in [-0.2, 0) is 20.7 Å². The number of fused-ring (bicyclic) bond motifs is 1. The molecule has 1 saturated heterocycles. The Hall–Kier alpha value is -2.65. The average molecular weight is 542 g/mol. The van der Waals surface area contributed by atoms with Crippen molar-refractivity contribution in [2.24, 2.45) is 11.8 Å². The minimum atomic E-state index is -0.716. The van der Waals surface area contributed by atoms with Gasteiger partial charge < -0.3 is 25.6 Å². The second-order valence-corrected chi connectivity index (χ2v) is 11.8. The van der Waals surface area contributed by atoms with E-state index in [1.54, 1.807) is 18.9 Å². The molecule has 39 heavy (non-hydrogen) atoms. The van der Waals surface area contributed by atoms with E-state index in [1.807, 2.05) is 26.0 Å². The topological polar surface area (TPSA) is 103 Å². The van der Waals surface area contributed by atoms with E-state index in [4.69, 9.17) is 4.74 Å². The standard InChI is InChI=1S/C30H47N5O4/c1-20(2)27(33-28(36)21(3)31-4)29(37)35-17-16-34(18-22-10-5-6-11-22)19-26(35)39-30(38)32-25-15-9-13-23-12-7-8-14-24(23)25/h7-8,12,14,20-22,25-27,31H,5-6,9-11,13,15-19H2,1-4H3,(H,32,38)(H,33,36)/t21-,25?,26-,27-/m0/s1. The third kappa shape index (κ3) is 7.51. The van der Waals surface area contributed by atoms with E-state index in [0.29, 0.717) is 19.0 Å². The summed E-state index contributed by atoms with van der Waals surface area (Å²) in [7, 11) is 1.72. The molecule has 4 atom stereocenters. The molecular weight excluding hydrogens is 494 g/mol. The Balaban J connectivity index is 1.47. The predicted octanol–water partition coefficient (Wildman–Crippen LogP) is 3.20. The quantitative estimate of drug-likeness (QED) is 0.444. The van der Waals surface area contributed by atoms with E-state index in [2.05, 4.69) is 33.0 Å². The lowest BCUT2D eigenvalue weighted by atomic mass is 9.88. The van der Waals surface area contributed by atoms with Crippen molar-refractivity contribution < 1.29 is 19.1 Å². The molecule has 3 aliphatic rings. The molecule has 4 rings (SSSR count). The summed E-state index contributed by atoms with van der Waals surface area (Å²) in [4.78, 5) is 43.7. The van der Waals surface area contributed by atoms with Gasteiger partial charge in [0.1, 0.15) is 6.04 Å². The predicted molar refractivity (Wildman–Crippen MR) is 151 cm³/mol. The van der Waals surface area contributed by atoms with Crippen LogP contribution in [0.3, 0.4) is 0 Å². The normalized spacial score (nSPS) is 23.7. The average Bonchev–Trinajstić information content (AvgIpc) is 3.44. The second kappa shape index (κ2) is 13.6. The zero-order valence-corrected chi connectivity index (χ0v) is 24.1. The summed E-state index contributed by atoms with van der Waals surface area (Å²) < 4.78 is 6.03. The maximum Gasteiger partial charge on any atom is 0.409 e. The fourth-order valence-corrected chi connectivity index (χ4v) is 6.19. The van der Waals surface area contributed by atoms with Crippen LogP contribution in [0.5, 0.6) is 0 Å². The van der Waals surface area contributed by atoms with Gasteiger partial charge in [-0.15, -0.1) is 0 Å². The summed E-state index contributed by atoms with van der Waals surface area (Å²) in [5.74, 6) is 0.111. The number of rotatable bonds is 9. The highest BCUT2D eigenvalue weighted by molar-refractivity contribution is 5.90. The van der Waals surface area contributed by atoms with Crippen LogP contribution in [0.4, 0.5) is 4.79 Å². The number of likely N-dealkylation sites (N-methyl/N-ethyl adjacent to an activating group) is 1. The Morgan fingerprint density at radius 2 is 1.77 bits per heavy atom. The first-order valence-corrected chi connectivity index (χ1v) is 14.8. The van der Waals surface area contributed by atoms with Crippen LogP contribution in [0.15, 0.2) is 24.3 Å². The van der Waals surface area contributed by atoms with Gasteiger partial charge in [0, 0.05) is 19.6 Å². The Kier molecular flexibility index (Phi) is 10.2. The van der Waals surface area contributed by atoms with Crippen molar-refractivity contribution in [2.75, 3.05) is 33.2 Å². The van der Waals surface area contributed by atoms with Gasteiger partial charge in [0.25, 0.3) is 0 Å². The molecule has 3 N–H and O–H groups in total. The third-order valence-electron chi connectivity index (χ3n) is 8.65. The van der Waals surface area contributed by atoms with Gasteiger partial charge in [-0.1, -0.05) is 51.0 Å². The maximum absolute atomic E-state index is 13.8. The SMILES string of the molecule is CN[C@@H](C)C(=O)N[C@H](C(=O)N1CCN(CC2CCCC2)C[C@@H]1OC(=O)NC1CCCc2ccccc21)C(C)C. The molecule has 1 aliphatic heterocycles. The smallest absolute Gasteiger partial charge is 0.409 e. The highest BCUT2D eigenvalue weighted by atomic mass is 16.6. The minimum Gasteiger partial charge on any atom is -0.424 e. The van der Waals surface area contributed by atoms with Gasteiger partial charge in [-0.3, -0.25) is 14.5 Å². The lowest BCUT2D eigenvalue weighted by Crippen LogP contribution is -2.63. The van der Waals surface area contributed by atoms with Crippen molar-refractivity contribution in [1.82, 2.24) is 25.8 Å². The van der Waals surface area contributed by atoms with E-state index in [1.165, 1.54) is 31.2 Å². The number of alkyl carbamates (subject to hydrolysis) is 1. The monoisotopic (exact) mass is 541 g/mol. The van der Waals surface area contributed by atoms with Gasteiger partial charge in [0.15, 0.2) is 6.23 Å². The fraction of sp³-hybridized carbons (Fsp3) is 0.700. The highest BCUT2D eigenvalue weighted by Crippen LogP contribution is 2.30. The van der Waals surface area contributed by atoms with Crippen molar-refractivity contribution in [3.63, 3.8) is 0 Å². The molecule has 216 valence electrons. The highest BCUT2D eigenvalue weighted by Gasteiger charge is 2.39. The Bertz CT molecular complexity index is 995. The summed E-state index contributed by atoms with van der Waals surface area (Å²) in [5.41, 5.74) is 2.40. The number of nitrogens with zero attached hydrogens (tertiary/aromatic N) is 2. The van der Waals surface area contributed by atoms with Gasteiger partial charge >= 0.3 is 6.09 Å². The number of carbonyl (C=O) groups excluding carboxylic acids is 3. The van der Waals surface area contributed by atoms with Crippen LogP contribution >= 0.6 is 0 Å². The first kappa shape index (κ1) is 29.3. The van der Waals surface area contributed by atoms with Crippen molar-refractivity contribution in [3.05, 3.63) is 35.4 Å². The summed E-state index contributed by atoms with van der Waals surface area (Å²) in [6.07, 6.45) is 6.67. The number of benzene rings is 1. The number of aryl methyl sites for hydroxylation is 1. The van der Waals surface area contributed by atoms with E-state index < -0.39 is 24.4 Å². The van der Waals surface area contributed by atoms with E-state index in [-0.39, 0.29) is 23.8 Å². The molecule has 2 fully saturated rings. The molecule has 2 aliphatic carbocycles. The number of carbonyl (C=O) groups is 3. The first-order chi connectivity index (χ1) is 18.8. The minimum absolute atomic E-state index is 0.101. The number of hydrogen-bond acceptors (Lipinski definition) is 6. The van der Waals surface area contributed by atoms with E-state index >= 15 is 0 Å². The van der Waals surface area contributed by atoms with E-state index in [9.17, 15) is 14.4 Å². The maximum atomic E-state index is 13.8. The first-order valence-electron chi connectivity index (χ1n) is 14.8. The number of piperazine rings is 1. The van der Waals surface area contributed by atoms with Crippen LogP contribution < -0.4 is 16.0 Å². The molecule has 1 aromatic carbocycles. The molecule has 1 aromatic rings. The van der Waals surface area contributed by atoms with Crippen molar-refractivity contribution in [2.45, 2.75) is 90.1 Å². The van der Waals surface area contributed by atoms with Gasteiger partial charge in [-0.2, -0.15) is 0 Å². The molecule has 9 heteroatoms. The summed E-state index contributed by atoms with van der Waals surface area (Å²) >= 11 is 0. The summed E-state index contributed by atoms with van der Waals surface area (Å²) in [6, 6.07) is 7.00. The molecule has 3 amide bonds. The zero-order chi connectivity index (χ0) is 27.9. The number of nitrogens with one attached hydrogen (secondary N) is 3. The number of ether oxygens (including phenoxy) is 1. The lowest BCUT2D eigenvalue weighted by molar-refractivity contribution is -0.153. The molecular formula is C30H47N5O4. The van der Waals surface area contributed by atoms with Crippen molar-refractivity contribution >= 4 is 17.9 Å². The van der Waals surface area contributed by atoms with Gasteiger partial charge in [-0.05, 0) is 69.0 Å². The number of hydrogen-bond donors (Lipinski definition) is 3. The molecule has 1 unspecified atom stereocenters. The van der Waals surface area contributed by atoms with Gasteiger partial charge in [0.05, 0.1) is 18.6 Å². The van der Waals surface area contributed by atoms with Crippen LogP contribution in [0.2, 0.25) is 0 Å². The Morgan fingerprint density at radius 3 is 2.49 bits per heavy atom. The lowest BCUT2D eigenvalue weighted by Gasteiger charge is -2.43. The fourth-order valence-electron chi connectivity index (χ4n) is 6.19. The summed E-state index contributed by atoms with van der Waals surface area (Å²) in [6.45, 7) is 8.23. The number of amides is 3. The van der Waals surface area contributed by atoms with Crippen LogP contribution in [0.1, 0.15) is 76.5 Å². The Morgan fingerprint density at radius 1 is 1.03 bits per heavy atom. The van der Waals surface area contributed by atoms with Crippen molar-refractivity contribution in [1.29, 1.82) is 0 Å². The van der Waals surface area contributed by atoms with E-state index in [0.717, 1.165) is 37.9 Å². The van der Waals surface area contributed by atoms with Crippen LogP contribution in [0.25, 0.3) is 0 Å². The van der Waals surface area contributed by atoms with Gasteiger partial charge in [-0.25, -0.2) is 4.79 Å². The summed E-state index contributed by atoms with van der Waals surface area (Å²) in [5, 5.41) is 8.93. The molecule has 0 radical (unpaired) electrons. The molecule has 0 bridgehead atoms. The van der Waals surface area contributed by atoms with Crippen LogP contribution in [0, 0.1) is 11.8 Å². The Labute approximate surface area is 233 Å². The zero-order valence-electron chi connectivity index (χ0n) is 24.1. The third-order valence-corrected chi connectivity index (χ3v) is 8.65. The molecule has 0 aromatic heterocycles. The second-order valence-electron chi connectivity index (χ2n) is 11.8. The molecule has 1 heterocycles. The van der Waals surface area contributed by atoms with Crippen LogP contribution in [-0.4, -0.2) is 79.2 Å². The largest absolute Gasteiger partial charge is 0.424 e. The molecule has 1 saturated carbocycles.